The molecule has 2 bridgehead atoms. The highest BCUT2D eigenvalue weighted by Gasteiger charge is 2.50. The van der Waals surface area contributed by atoms with Crippen LogP contribution in [0.25, 0.3) is 6.08 Å². The summed E-state index contributed by atoms with van der Waals surface area (Å²) in [5, 5.41) is 0. The van der Waals surface area contributed by atoms with E-state index in [0.717, 1.165) is 30.1 Å². The Morgan fingerprint density at radius 1 is 1.21 bits per heavy atom. The van der Waals surface area contributed by atoms with Crippen LogP contribution in [0.4, 0.5) is 0 Å². The molecule has 4 rings (SSSR count). The number of rotatable bonds is 2. The van der Waals surface area contributed by atoms with Crippen molar-refractivity contribution in [1.82, 2.24) is 0 Å². The summed E-state index contributed by atoms with van der Waals surface area (Å²) in [4.78, 5) is 0. The van der Waals surface area contributed by atoms with Crippen LogP contribution in [-0.4, -0.2) is 0 Å². The van der Waals surface area contributed by atoms with Crippen molar-refractivity contribution in [2.24, 2.45) is 17.8 Å². The minimum Gasteiger partial charge on any atom is -0.103 e. The second-order valence-electron chi connectivity index (χ2n) is 6.69. The van der Waals surface area contributed by atoms with E-state index in [0.29, 0.717) is 0 Å². The predicted octanol–water partition coefficient (Wildman–Crippen LogP) is 4.96. The van der Waals surface area contributed by atoms with Crippen LogP contribution in [0.2, 0.25) is 0 Å². The summed E-state index contributed by atoms with van der Waals surface area (Å²) in [5.74, 6) is 3.58. The van der Waals surface area contributed by atoms with E-state index in [2.05, 4.69) is 43.9 Å². The van der Waals surface area contributed by atoms with Crippen molar-refractivity contribution in [2.75, 3.05) is 0 Å². The average molecular weight is 250 g/mol. The van der Waals surface area contributed by atoms with Crippen LogP contribution in [0, 0.1) is 17.8 Å². The summed E-state index contributed by atoms with van der Waals surface area (Å²) in [7, 11) is 0. The zero-order valence-corrected chi connectivity index (χ0v) is 11.7. The molecule has 0 amide bonds. The third-order valence-electron chi connectivity index (χ3n) is 5.75. The van der Waals surface area contributed by atoms with Crippen LogP contribution >= 0.6 is 0 Å². The van der Waals surface area contributed by atoms with E-state index in [1.807, 2.05) is 0 Å². The highest BCUT2D eigenvalue weighted by molar-refractivity contribution is 5.64. The third kappa shape index (κ3) is 1.52. The molecule has 19 heavy (non-hydrogen) atoms. The Hall–Kier alpha value is -1.30. The first-order valence-corrected chi connectivity index (χ1v) is 7.70. The summed E-state index contributed by atoms with van der Waals surface area (Å²) in [5.41, 5.74) is 6.33. The van der Waals surface area contributed by atoms with Crippen molar-refractivity contribution in [3.63, 3.8) is 0 Å². The molecule has 2 unspecified atom stereocenters. The molecule has 0 heteroatoms. The molecule has 1 aromatic carbocycles. The molecule has 0 nitrogen and oxygen atoms in total. The summed E-state index contributed by atoms with van der Waals surface area (Å²) >= 11 is 0. The van der Waals surface area contributed by atoms with Gasteiger partial charge in [-0.05, 0) is 73.0 Å². The lowest BCUT2D eigenvalue weighted by Gasteiger charge is -2.37. The number of hydrogen-bond donors (Lipinski definition) is 0. The molecule has 3 aliphatic carbocycles. The minimum absolute atomic E-state index is 0.815. The fourth-order valence-corrected chi connectivity index (χ4v) is 5.20. The summed E-state index contributed by atoms with van der Waals surface area (Å²) < 4.78 is 0. The van der Waals surface area contributed by atoms with Gasteiger partial charge in [0.25, 0.3) is 0 Å². The first-order valence-electron chi connectivity index (χ1n) is 7.70. The number of fused-ring (bicyclic) bond motifs is 7. The molecular weight excluding hydrogens is 228 g/mol. The first kappa shape index (κ1) is 11.5. The molecule has 0 heterocycles. The zero-order valence-electron chi connectivity index (χ0n) is 11.7. The van der Waals surface area contributed by atoms with Gasteiger partial charge in [-0.2, -0.15) is 0 Å². The second-order valence-corrected chi connectivity index (χ2v) is 6.69. The molecule has 0 radical (unpaired) electrons. The third-order valence-corrected chi connectivity index (χ3v) is 5.75. The molecule has 0 aromatic heterocycles. The van der Waals surface area contributed by atoms with Crippen molar-refractivity contribution in [1.29, 1.82) is 0 Å². The quantitative estimate of drug-likeness (QED) is 0.651. The van der Waals surface area contributed by atoms with Crippen LogP contribution in [0.15, 0.2) is 36.4 Å². The molecule has 1 aromatic rings. The van der Waals surface area contributed by atoms with Crippen LogP contribution in [-0.2, 0) is 6.42 Å². The monoisotopic (exact) mass is 250 g/mol. The van der Waals surface area contributed by atoms with E-state index < -0.39 is 0 Å². The van der Waals surface area contributed by atoms with Crippen molar-refractivity contribution in [3.8, 4) is 0 Å². The minimum atomic E-state index is 0.815. The number of allylic oxidation sites excluding steroid dienone is 2. The topological polar surface area (TPSA) is 0 Å². The van der Waals surface area contributed by atoms with Crippen molar-refractivity contribution >= 4 is 6.08 Å². The van der Waals surface area contributed by atoms with Gasteiger partial charge < -0.3 is 0 Å². The van der Waals surface area contributed by atoms with E-state index in [9.17, 15) is 0 Å². The number of hydrogen-bond acceptors (Lipinski definition) is 0. The lowest BCUT2D eigenvalue weighted by Crippen LogP contribution is -2.26. The molecule has 0 saturated heterocycles. The van der Waals surface area contributed by atoms with Crippen LogP contribution in [0.3, 0.4) is 0 Å². The lowest BCUT2D eigenvalue weighted by atomic mass is 9.67. The lowest BCUT2D eigenvalue weighted by molar-refractivity contribution is 0.324. The molecule has 0 spiro atoms. The Morgan fingerprint density at radius 2 is 2.00 bits per heavy atom. The zero-order chi connectivity index (χ0) is 13.0. The van der Waals surface area contributed by atoms with Gasteiger partial charge in [-0.25, -0.2) is 0 Å². The molecule has 0 N–H and O–H groups in total. The van der Waals surface area contributed by atoms with E-state index in [4.69, 9.17) is 0 Å². The molecule has 4 atom stereocenters. The van der Waals surface area contributed by atoms with Crippen molar-refractivity contribution < 1.29 is 0 Å². The van der Waals surface area contributed by atoms with Crippen LogP contribution in [0.1, 0.15) is 48.8 Å². The Labute approximate surface area is 116 Å². The average Bonchev–Trinajstić information content (AvgIpc) is 3.00. The smallest absolute Gasteiger partial charge is 0.00564 e. The summed E-state index contributed by atoms with van der Waals surface area (Å²) in [6.45, 7) is 6.30. The normalized spacial score (nSPS) is 34.7. The van der Waals surface area contributed by atoms with Gasteiger partial charge in [-0.15, -0.1) is 6.58 Å². The van der Waals surface area contributed by atoms with Gasteiger partial charge in [0.2, 0.25) is 0 Å². The Kier molecular flexibility index (Phi) is 2.48. The fourth-order valence-electron chi connectivity index (χ4n) is 5.20. The molecule has 2 fully saturated rings. The maximum atomic E-state index is 3.94. The Bertz CT molecular complexity index is 563. The summed E-state index contributed by atoms with van der Waals surface area (Å²) in [6, 6.07) is 6.85. The van der Waals surface area contributed by atoms with Gasteiger partial charge in [0.05, 0.1) is 0 Å². The van der Waals surface area contributed by atoms with Gasteiger partial charge in [-0.3, -0.25) is 0 Å². The van der Waals surface area contributed by atoms with E-state index in [-0.39, 0.29) is 0 Å². The van der Waals surface area contributed by atoms with Gasteiger partial charge in [0, 0.05) is 0 Å². The molecule has 0 aliphatic heterocycles. The maximum Gasteiger partial charge on any atom is -0.00564 e. The van der Waals surface area contributed by atoms with Crippen LogP contribution in [0.5, 0.6) is 0 Å². The maximum absolute atomic E-state index is 3.94. The number of benzene rings is 1. The van der Waals surface area contributed by atoms with Gasteiger partial charge >= 0.3 is 0 Å². The Morgan fingerprint density at radius 3 is 2.79 bits per heavy atom. The van der Waals surface area contributed by atoms with E-state index >= 15 is 0 Å². The predicted molar refractivity (Wildman–Crippen MR) is 81.1 cm³/mol. The summed E-state index contributed by atoms with van der Waals surface area (Å²) in [6.07, 6.45) is 9.95. The van der Waals surface area contributed by atoms with E-state index in [1.54, 1.807) is 11.1 Å². The van der Waals surface area contributed by atoms with Crippen molar-refractivity contribution in [3.05, 3.63) is 53.1 Å². The molecule has 98 valence electrons. The van der Waals surface area contributed by atoms with Gasteiger partial charge in [0.15, 0.2) is 0 Å². The standard InChI is InChI=1S/C19H22/c1-3-5-13-6-4-7-14-10-12(2)17-15-8-9-16(11-15)19(17)18(13)14/h3-4,6-7,10,15-17,19H,1,5,8-9,11H2,2H3/t15-,16+,17?,19?/m1/s1. The van der Waals surface area contributed by atoms with Crippen LogP contribution < -0.4 is 0 Å². The highest BCUT2D eigenvalue weighted by Crippen LogP contribution is 2.61. The fraction of sp³-hybridized carbons (Fsp3) is 0.474. The Balaban J connectivity index is 1.90. The van der Waals surface area contributed by atoms with E-state index in [1.165, 1.54) is 30.4 Å². The molecule has 2 saturated carbocycles. The first-order chi connectivity index (χ1) is 9.29. The SMILES string of the molecule is C=CCc1cccc2c1C1C(C(C)=C2)[C@@H]2CC[C@H]1C2. The van der Waals surface area contributed by atoms with Gasteiger partial charge in [0.1, 0.15) is 0 Å². The van der Waals surface area contributed by atoms with Gasteiger partial charge in [-0.1, -0.05) is 35.9 Å². The highest BCUT2D eigenvalue weighted by atomic mass is 14.5. The largest absolute Gasteiger partial charge is 0.103 e. The van der Waals surface area contributed by atoms with Crippen molar-refractivity contribution in [2.45, 2.75) is 38.5 Å². The molecular formula is C19H22. The molecule has 3 aliphatic rings. The second kappa shape index (κ2) is 4.10.